The molecule has 2 aromatic carbocycles. The van der Waals surface area contributed by atoms with Gasteiger partial charge in [0.05, 0.1) is 15.5 Å². The molecule has 0 fully saturated rings. The lowest BCUT2D eigenvalue weighted by atomic mass is 10.2. The summed E-state index contributed by atoms with van der Waals surface area (Å²) in [6.45, 7) is 1.80. The molecule has 0 saturated heterocycles. The number of fused-ring (bicyclic) bond motifs is 1. The number of urea groups is 1. The highest BCUT2D eigenvalue weighted by Crippen LogP contribution is 2.42. The maximum absolute atomic E-state index is 12.7. The van der Waals surface area contributed by atoms with Gasteiger partial charge in [0, 0.05) is 6.07 Å². The van der Waals surface area contributed by atoms with Crippen LogP contribution in [0.3, 0.4) is 0 Å². The second-order valence-electron chi connectivity index (χ2n) is 4.88. The van der Waals surface area contributed by atoms with Crippen molar-refractivity contribution in [3.8, 4) is 0 Å². The highest BCUT2D eigenvalue weighted by molar-refractivity contribution is 7.93. The fraction of sp³-hybridized carbons (Fsp3) is 0.0714. The van der Waals surface area contributed by atoms with Crippen molar-refractivity contribution < 1.29 is 18.1 Å². The van der Waals surface area contributed by atoms with Gasteiger partial charge in [0.2, 0.25) is 0 Å². The minimum atomic E-state index is -4.19. The van der Waals surface area contributed by atoms with Crippen LogP contribution < -0.4 is 9.62 Å². The van der Waals surface area contributed by atoms with Crippen LogP contribution in [0.2, 0.25) is 0 Å². The molecule has 0 aromatic heterocycles. The molecule has 1 aliphatic rings. The molecular formula is C14H10N3O5S. The summed E-state index contributed by atoms with van der Waals surface area (Å²) in [6, 6.07) is 8.64. The minimum Gasteiger partial charge on any atom is -0.258 e. The summed E-state index contributed by atoms with van der Waals surface area (Å²) >= 11 is 0. The van der Waals surface area contributed by atoms with E-state index in [0.717, 1.165) is 11.6 Å². The van der Waals surface area contributed by atoms with Crippen molar-refractivity contribution in [3.05, 3.63) is 58.1 Å². The number of benzene rings is 2. The number of nitro groups is 1. The van der Waals surface area contributed by atoms with Crippen molar-refractivity contribution >= 4 is 33.1 Å². The number of anilines is 1. The second kappa shape index (κ2) is 5.06. The van der Waals surface area contributed by atoms with Crippen molar-refractivity contribution in [3.63, 3.8) is 0 Å². The molecule has 1 radical (unpaired) electrons. The van der Waals surface area contributed by atoms with E-state index in [4.69, 9.17) is 0 Å². The molecule has 0 aliphatic carbocycles. The van der Waals surface area contributed by atoms with Gasteiger partial charge < -0.3 is 0 Å². The van der Waals surface area contributed by atoms with Crippen molar-refractivity contribution in [1.82, 2.24) is 5.32 Å². The Kier molecular flexibility index (Phi) is 3.29. The third-order valence-electron chi connectivity index (χ3n) is 3.35. The third kappa shape index (κ3) is 2.30. The highest BCUT2D eigenvalue weighted by Gasteiger charge is 2.42. The first-order valence-electron chi connectivity index (χ1n) is 6.47. The van der Waals surface area contributed by atoms with E-state index in [0.29, 0.717) is 4.31 Å². The first-order valence-corrected chi connectivity index (χ1v) is 7.91. The van der Waals surface area contributed by atoms with E-state index >= 15 is 0 Å². The number of nitro benzene ring substituents is 1. The van der Waals surface area contributed by atoms with Gasteiger partial charge in [-0.1, -0.05) is 23.8 Å². The Bertz CT molecular complexity index is 922. The Balaban J connectivity index is 2.16. The van der Waals surface area contributed by atoms with Gasteiger partial charge in [0.1, 0.15) is 0 Å². The Hall–Kier alpha value is -2.94. The van der Waals surface area contributed by atoms with Gasteiger partial charge in [-0.3, -0.25) is 10.1 Å². The number of sulfonamides is 1. The van der Waals surface area contributed by atoms with Crippen molar-refractivity contribution in [1.29, 1.82) is 0 Å². The Morgan fingerprint density at radius 3 is 2.39 bits per heavy atom. The summed E-state index contributed by atoms with van der Waals surface area (Å²) in [7, 11) is -4.19. The van der Waals surface area contributed by atoms with E-state index in [1.165, 1.54) is 24.3 Å². The summed E-state index contributed by atoms with van der Waals surface area (Å²) in [5, 5.41) is 14.5. The predicted molar refractivity (Wildman–Crippen MR) is 81.1 cm³/mol. The van der Waals surface area contributed by atoms with E-state index in [1.807, 2.05) is 0 Å². The standard InChI is InChI=1S/C14H10N3O5S/c1-9-5-7-10(8-6-9)23(21,22)16-11-3-2-4-12(17(19)20)13(11)15-14(16)18/h2-8H,1H3. The molecule has 8 nitrogen and oxygen atoms in total. The first-order chi connectivity index (χ1) is 10.8. The van der Waals surface area contributed by atoms with Crippen molar-refractivity contribution in [2.24, 2.45) is 0 Å². The van der Waals surface area contributed by atoms with Crippen molar-refractivity contribution in [2.75, 3.05) is 4.31 Å². The maximum atomic E-state index is 12.7. The predicted octanol–water partition coefficient (Wildman–Crippen LogP) is 2.47. The lowest BCUT2D eigenvalue weighted by Crippen LogP contribution is -2.34. The van der Waals surface area contributed by atoms with E-state index in [1.54, 1.807) is 19.1 Å². The van der Waals surface area contributed by atoms with Crippen LogP contribution in [0.15, 0.2) is 47.4 Å². The number of carbonyl (C=O) groups is 1. The molecule has 0 saturated carbocycles. The lowest BCUT2D eigenvalue weighted by molar-refractivity contribution is -0.384. The van der Waals surface area contributed by atoms with Crippen LogP contribution in [0.5, 0.6) is 0 Å². The fourth-order valence-electron chi connectivity index (χ4n) is 2.24. The zero-order valence-electron chi connectivity index (χ0n) is 11.8. The number of carbonyl (C=O) groups excluding carboxylic acids is 1. The number of para-hydroxylation sites is 1. The zero-order valence-corrected chi connectivity index (χ0v) is 12.6. The molecule has 0 atom stereocenters. The number of hydrogen-bond donors (Lipinski definition) is 0. The molecule has 1 heterocycles. The summed E-state index contributed by atoms with van der Waals surface area (Å²) < 4.78 is 25.8. The van der Waals surface area contributed by atoms with Crippen LogP contribution >= 0.6 is 0 Å². The average Bonchev–Trinajstić information content (AvgIpc) is 2.83. The monoisotopic (exact) mass is 332 g/mol. The van der Waals surface area contributed by atoms with E-state index in [2.05, 4.69) is 5.32 Å². The molecule has 0 N–H and O–H groups in total. The van der Waals surface area contributed by atoms with Gasteiger partial charge in [-0.2, -0.15) is 9.62 Å². The molecule has 2 amide bonds. The topological polar surface area (TPSA) is 112 Å². The minimum absolute atomic E-state index is 0.0917. The molecule has 0 unspecified atom stereocenters. The molecule has 2 aromatic rings. The SMILES string of the molecule is Cc1ccc(S(=O)(=O)N2C(=O)[N]c3c2cccc3[N+](=O)[O-])cc1. The number of rotatable bonds is 3. The Labute approximate surface area is 131 Å². The molecule has 3 rings (SSSR count). The number of amides is 2. The van der Waals surface area contributed by atoms with Crippen LogP contribution in [0, 0.1) is 17.0 Å². The Morgan fingerprint density at radius 2 is 1.78 bits per heavy atom. The van der Waals surface area contributed by atoms with Gasteiger partial charge in [-0.15, -0.1) is 0 Å². The molecule has 1 aliphatic heterocycles. The smallest absolute Gasteiger partial charge is 0.258 e. The highest BCUT2D eigenvalue weighted by atomic mass is 32.2. The van der Waals surface area contributed by atoms with Gasteiger partial charge in [-0.25, -0.2) is 13.2 Å². The molecule has 117 valence electrons. The quantitative estimate of drug-likeness (QED) is 0.633. The first kappa shape index (κ1) is 15.0. The largest absolute Gasteiger partial charge is 0.363 e. The molecular weight excluding hydrogens is 322 g/mol. The number of hydrogen-bond acceptors (Lipinski definition) is 5. The van der Waals surface area contributed by atoms with Crippen molar-refractivity contribution in [2.45, 2.75) is 11.8 Å². The zero-order chi connectivity index (χ0) is 16.8. The summed E-state index contributed by atoms with van der Waals surface area (Å²) in [6.07, 6.45) is 0. The lowest BCUT2D eigenvalue weighted by Gasteiger charge is -2.15. The maximum Gasteiger partial charge on any atom is 0.363 e. The van der Waals surface area contributed by atoms with Crippen LogP contribution in [-0.4, -0.2) is 19.4 Å². The van der Waals surface area contributed by atoms with Gasteiger partial charge in [0.15, 0.2) is 5.69 Å². The van der Waals surface area contributed by atoms with Crippen LogP contribution in [0.25, 0.3) is 0 Å². The third-order valence-corrected chi connectivity index (χ3v) is 5.05. The average molecular weight is 332 g/mol. The second-order valence-corrected chi connectivity index (χ2v) is 6.67. The number of aryl methyl sites for hydroxylation is 1. The summed E-state index contributed by atoms with van der Waals surface area (Å²) in [5.41, 5.74) is 0.0674. The number of nitrogens with zero attached hydrogens (tertiary/aromatic N) is 3. The fourth-order valence-corrected chi connectivity index (χ4v) is 3.58. The van der Waals surface area contributed by atoms with Gasteiger partial charge in [0.25, 0.3) is 15.7 Å². The normalized spacial score (nSPS) is 13.6. The molecule has 9 heteroatoms. The molecule has 23 heavy (non-hydrogen) atoms. The Morgan fingerprint density at radius 1 is 1.13 bits per heavy atom. The molecule has 0 spiro atoms. The van der Waals surface area contributed by atoms with Gasteiger partial charge in [-0.05, 0) is 25.1 Å². The van der Waals surface area contributed by atoms with E-state index in [-0.39, 0.29) is 16.3 Å². The van der Waals surface area contributed by atoms with Crippen LogP contribution in [0.4, 0.5) is 21.9 Å². The summed E-state index contributed by atoms with van der Waals surface area (Å²) in [5.74, 6) is 0. The van der Waals surface area contributed by atoms with Crippen LogP contribution in [-0.2, 0) is 10.0 Å². The molecule has 0 bridgehead atoms. The van der Waals surface area contributed by atoms with E-state index < -0.39 is 26.7 Å². The van der Waals surface area contributed by atoms with E-state index in [9.17, 15) is 23.3 Å². The summed E-state index contributed by atoms with van der Waals surface area (Å²) in [4.78, 5) is 22.2. The van der Waals surface area contributed by atoms with Gasteiger partial charge >= 0.3 is 6.03 Å². The van der Waals surface area contributed by atoms with Crippen LogP contribution in [0.1, 0.15) is 5.56 Å².